The molecule has 0 bridgehead atoms. The van der Waals surface area contributed by atoms with Crippen LogP contribution < -0.4 is 14.8 Å². The van der Waals surface area contributed by atoms with E-state index in [4.69, 9.17) is 32.7 Å². The Balaban J connectivity index is 1.82. The SMILES string of the molecule is CCOc1ccc(C(=O)Nc2cc(Cl)ccc2Cl)cc1COc1cc(C)cc(C)c1. The lowest BCUT2D eigenvalue weighted by Gasteiger charge is -2.14. The van der Waals surface area contributed by atoms with Gasteiger partial charge in [-0.1, -0.05) is 29.3 Å². The molecular weight excluding hydrogens is 421 g/mol. The molecule has 0 radical (unpaired) electrons. The summed E-state index contributed by atoms with van der Waals surface area (Å²) in [5.74, 6) is 1.16. The topological polar surface area (TPSA) is 47.6 Å². The molecule has 30 heavy (non-hydrogen) atoms. The Hall–Kier alpha value is -2.69. The number of carbonyl (C=O) groups excluding carboxylic acids is 1. The molecule has 0 unspecified atom stereocenters. The van der Waals surface area contributed by atoms with Gasteiger partial charge in [0.15, 0.2) is 0 Å². The van der Waals surface area contributed by atoms with E-state index in [9.17, 15) is 4.79 Å². The lowest BCUT2D eigenvalue weighted by Crippen LogP contribution is -2.13. The van der Waals surface area contributed by atoms with Gasteiger partial charge in [-0.3, -0.25) is 4.79 Å². The quantitative estimate of drug-likeness (QED) is 0.434. The summed E-state index contributed by atoms with van der Waals surface area (Å²) in [4.78, 5) is 12.8. The summed E-state index contributed by atoms with van der Waals surface area (Å²) >= 11 is 12.2. The zero-order valence-corrected chi connectivity index (χ0v) is 18.6. The largest absolute Gasteiger partial charge is 0.493 e. The number of aryl methyl sites for hydroxylation is 2. The first-order valence-corrected chi connectivity index (χ1v) is 10.3. The zero-order chi connectivity index (χ0) is 21.7. The van der Waals surface area contributed by atoms with Crippen LogP contribution in [-0.4, -0.2) is 12.5 Å². The summed E-state index contributed by atoms with van der Waals surface area (Å²) in [6.07, 6.45) is 0. The van der Waals surface area contributed by atoms with E-state index in [2.05, 4.69) is 11.4 Å². The number of amides is 1. The van der Waals surface area contributed by atoms with Crippen LogP contribution in [0.4, 0.5) is 5.69 Å². The molecule has 3 rings (SSSR count). The van der Waals surface area contributed by atoms with E-state index in [1.807, 2.05) is 32.9 Å². The molecule has 0 spiro atoms. The predicted molar refractivity (Wildman–Crippen MR) is 122 cm³/mol. The van der Waals surface area contributed by atoms with Gasteiger partial charge in [0, 0.05) is 16.1 Å². The molecule has 3 aromatic rings. The van der Waals surface area contributed by atoms with E-state index in [0.29, 0.717) is 33.7 Å². The highest BCUT2D eigenvalue weighted by Crippen LogP contribution is 2.27. The van der Waals surface area contributed by atoms with Crippen molar-refractivity contribution in [3.8, 4) is 11.5 Å². The van der Waals surface area contributed by atoms with E-state index >= 15 is 0 Å². The number of benzene rings is 3. The minimum atomic E-state index is -0.296. The fourth-order valence-corrected chi connectivity index (χ4v) is 3.43. The zero-order valence-electron chi connectivity index (χ0n) is 17.1. The maximum atomic E-state index is 12.8. The van der Waals surface area contributed by atoms with Gasteiger partial charge in [0.2, 0.25) is 0 Å². The average Bonchev–Trinajstić information content (AvgIpc) is 2.69. The van der Waals surface area contributed by atoms with Crippen molar-refractivity contribution in [2.75, 3.05) is 11.9 Å². The minimum absolute atomic E-state index is 0.275. The van der Waals surface area contributed by atoms with E-state index in [-0.39, 0.29) is 12.5 Å². The Labute approximate surface area is 186 Å². The van der Waals surface area contributed by atoms with E-state index in [1.54, 1.807) is 36.4 Å². The molecule has 0 aliphatic rings. The number of nitrogens with one attached hydrogen (secondary N) is 1. The lowest BCUT2D eigenvalue weighted by atomic mass is 10.1. The first-order valence-electron chi connectivity index (χ1n) is 9.59. The highest BCUT2D eigenvalue weighted by molar-refractivity contribution is 6.35. The van der Waals surface area contributed by atoms with Crippen molar-refractivity contribution in [3.05, 3.63) is 86.9 Å². The number of rotatable bonds is 7. The van der Waals surface area contributed by atoms with Gasteiger partial charge in [0.1, 0.15) is 18.1 Å². The highest BCUT2D eigenvalue weighted by atomic mass is 35.5. The molecule has 156 valence electrons. The first-order chi connectivity index (χ1) is 14.4. The standard InChI is InChI=1S/C24H23Cl2NO3/c1-4-29-23-8-5-17(24(28)27-22-13-19(25)6-7-21(22)26)12-18(23)14-30-20-10-15(2)9-16(3)11-20/h5-13H,4,14H2,1-3H3,(H,27,28). The number of halogens is 2. The summed E-state index contributed by atoms with van der Waals surface area (Å²) < 4.78 is 11.7. The van der Waals surface area contributed by atoms with Gasteiger partial charge in [0.25, 0.3) is 5.91 Å². The molecule has 0 saturated carbocycles. The van der Waals surface area contributed by atoms with Crippen LogP contribution in [0.15, 0.2) is 54.6 Å². The monoisotopic (exact) mass is 443 g/mol. The van der Waals surface area contributed by atoms with Crippen LogP contribution in [0.2, 0.25) is 10.0 Å². The van der Waals surface area contributed by atoms with Gasteiger partial charge >= 0.3 is 0 Å². The first kappa shape index (κ1) is 22.0. The van der Waals surface area contributed by atoms with Crippen molar-refractivity contribution in [2.45, 2.75) is 27.4 Å². The van der Waals surface area contributed by atoms with Gasteiger partial charge in [-0.05, 0) is 80.4 Å². The summed E-state index contributed by atoms with van der Waals surface area (Å²) in [6.45, 7) is 6.75. The molecule has 4 nitrogen and oxygen atoms in total. The van der Waals surface area contributed by atoms with Crippen LogP contribution in [0.1, 0.15) is 34.0 Å². The Morgan fingerprint density at radius 3 is 2.37 bits per heavy atom. The molecule has 0 saturated heterocycles. The van der Waals surface area contributed by atoms with Gasteiger partial charge < -0.3 is 14.8 Å². The van der Waals surface area contributed by atoms with Crippen molar-refractivity contribution in [3.63, 3.8) is 0 Å². The Bertz CT molecular complexity index is 1050. The third-order valence-electron chi connectivity index (χ3n) is 4.39. The Kier molecular flexibility index (Phi) is 7.24. The van der Waals surface area contributed by atoms with E-state index < -0.39 is 0 Å². The molecule has 1 N–H and O–H groups in total. The number of hydrogen-bond acceptors (Lipinski definition) is 3. The highest BCUT2D eigenvalue weighted by Gasteiger charge is 2.13. The third kappa shape index (κ3) is 5.68. The maximum Gasteiger partial charge on any atom is 0.255 e. The fraction of sp³-hybridized carbons (Fsp3) is 0.208. The van der Waals surface area contributed by atoms with Crippen LogP contribution >= 0.6 is 23.2 Å². The van der Waals surface area contributed by atoms with Gasteiger partial charge in [-0.25, -0.2) is 0 Å². The van der Waals surface area contributed by atoms with Crippen LogP contribution in [-0.2, 0) is 6.61 Å². The number of ether oxygens (including phenoxy) is 2. The van der Waals surface area contributed by atoms with E-state index in [1.165, 1.54) is 0 Å². The molecule has 0 atom stereocenters. The van der Waals surface area contributed by atoms with Crippen LogP contribution in [0, 0.1) is 13.8 Å². The Morgan fingerprint density at radius 2 is 1.67 bits per heavy atom. The molecule has 0 fully saturated rings. The second-order valence-corrected chi connectivity index (χ2v) is 7.79. The van der Waals surface area contributed by atoms with Crippen molar-refractivity contribution < 1.29 is 14.3 Å². The molecule has 0 aliphatic carbocycles. The molecule has 0 aliphatic heterocycles. The third-order valence-corrected chi connectivity index (χ3v) is 4.95. The fourth-order valence-electron chi connectivity index (χ4n) is 3.09. The second kappa shape index (κ2) is 9.88. The molecule has 1 amide bonds. The van der Waals surface area contributed by atoms with Gasteiger partial charge in [-0.2, -0.15) is 0 Å². The summed E-state index contributed by atoms with van der Waals surface area (Å²) in [6, 6.07) is 16.2. The normalized spacial score (nSPS) is 10.6. The average molecular weight is 444 g/mol. The smallest absolute Gasteiger partial charge is 0.255 e. The lowest BCUT2D eigenvalue weighted by molar-refractivity contribution is 0.102. The summed E-state index contributed by atoms with van der Waals surface area (Å²) in [5.41, 5.74) is 3.95. The molecular formula is C24H23Cl2NO3. The van der Waals surface area contributed by atoms with Gasteiger partial charge in [0.05, 0.1) is 17.3 Å². The molecule has 6 heteroatoms. The number of carbonyl (C=O) groups is 1. The summed E-state index contributed by atoms with van der Waals surface area (Å²) in [5, 5.41) is 3.70. The van der Waals surface area contributed by atoms with Crippen LogP contribution in [0.3, 0.4) is 0 Å². The molecule has 3 aromatic carbocycles. The van der Waals surface area contributed by atoms with Crippen molar-refractivity contribution in [1.29, 1.82) is 0 Å². The maximum absolute atomic E-state index is 12.8. The summed E-state index contributed by atoms with van der Waals surface area (Å²) in [7, 11) is 0. The van der Waals surface area contributed by atoms with Crippen molar-refractivity contribution in [1.82, 2.24) is 0 Å². The minimum Gasteiger partial charge on any atom is -0.493 e. The predicted octanol–water partition coefficient (Wildman–Crippen LogP) is 6.84. The van der Waals surface area contributed by atoms with Crippen LogP contribution in [0.25, 0.3) is 0 Å². The molecule has 0 aromatic heterocycles. The molecule has 0 heterocycles. The van der Waals surface area contributed by atoms with Crippen molar-refractivity contribution >= 4 is 34.8 Å². The van der Waals surface area contributed by atoms with E-state index in [0.717, 1.165) is 22.4 Å². The number of hydrogen-bond donors (Lipinski definition) is 1. The van der Waals surface area contributed by atoms with Gasteiger partial charge in [-0.15, -0.1) is 0 Å². The Morgan fingerprint density at radius 1 is 0.933 bits per heavy atom. The van der Waals surface area contributed by atoms with Crippen LogP contribution in [0.5, 0.6) is 11.5 Å². The second-order valence-electron chi connectivity index (χ2n) is 6.95. The van der Waals surface area contributed by atoms with Crippen molar-refractivity contribution in [2.24, 2.45) is 0 Å². The number of anilines is 1.